The molecule has 0 radical (unpaired) electrons. The number of carbonyl (C=O) groups is 1. The molecule has 0 aliphatic carbocycles. The van der Waals surface area contributed by atoms with E-state index in [0.29, 0.717) is 52.5 Å². The fourth-order valence-electron chi connectivity index (χ4n) is 3.02. The first kappa shape index (κ1) is 20.5. The molecule has 0 aromatic heterocycles. The van der Waals surface area contributed by atoms with Gasteiger partial charge in [0.25, 0.3) is 5.69 Å². The van der Waals surface area contributed by atoms with Crippen LogP contribution in [0.2, 0.25) is 15.1 Å². The van der Waals surface area contributed by atoms with Crippen molar-refractivity contribution in [3.05, 3.63) is 73.2 Å². The standard InChI is InChI=1S/C19H16Cl3N3O3/c20-14-6-4-13(16(22)12-14)5-7-18(26)23-8-10-24(11-9-23)19-15(21)2-1-3-17(19)25(27)28/h1-7,12H,8-11H2. The number of benzene rings is 2. The number of nitro groups is 1. The Morgan fingerprint density at radius 2 is 1.75 bits per heavy atom. The highest BCUT2D eigenvalue weighted by Gasteiger charge is 2.27. The number of anilines is 1. The van der Waals surface area contributed by atoms with Crippen LogP contribution in [0.5, 0.6) is 0 Å². The van der Waals surface area contributed by atoms with Crippen molar-refractivity contribution in [2.45, 2.75) is 0 Å². The maximum atomic E-state index is 12.5. The molecular weight excluding hydrogens is 425 g/mol. The van der Waals surface area contributed by atoms with E-state index < -0.39 is 4.92 Å². The van der Waals surface area contributed by atoms with Crippen molar-refractivity contribution in [2.75, 3.05) is 31.1 Å². The Bertz CT molecular complexity index is 941. The topological polar surface area (TPSA) is 66.7 Å². The van der Waals surface area contributed by atoms with E-state index in [-0.39, 0.29) is 11.6 Å². The van der Waals surface area contributed by atoms with Gasteiger partial charge in [0, 0.05) is 48.4 Å². The Hall–Kier alpha value is -2.28. The second-order valence-corrected chi connectivity index (χ2v) is 7.43. The summed E-state index contributed by atoms with van der Waals surface area (Å²) in [6.07, 6.45) is 3.11. The van der Waals surface area contributed by atoms with Crippen LogP contribution in [0.15, 0.2) is 42.5 Å². The second-order valence-electron chi connectivity index (χ2n) is 6.18. The summed E-state index contributed by atoms with van der Waals surface area (Å²) in [5.41, 5.74) is 1.05. The molecule has 1 saturated heterocycles. The summed E-state index contributed by atoms with van der Waals surface area (Å²) < 4.78 is 0. The summed E-state index contributed by atoms with van der Waals surface area (Å²) in [4.78, 5) is 26.8. The average molecular weight is 441 g/mol. The molecule has 6 nitrogen and oxygen atoms in total. The molecule has 9 heteroatoms. The van der Waals surface area contributed by atoms with Crippen LogP contribution < -0.4 is 4.90 Å². The van der Waals surface area contributed by atoms with E-state index in [1.54, 1.807) is 41.3 Å². The number of piperazine rings is 1. The van der Waals surface area contributed by atoms with Crippen LogP contribution in [0.3, 0.4) is 0 Å². The van der Waals surface area contributed by atoms with E-state index in [4.69, 9.17) is 34.8 Å². The molecule has 0 bridgehead atoms. The second kappa shape index (κ2) is 8.82. The molecule has 28 heavy (non-hydrogen) atoms. The van der Waals surface area contributed by atoms with E-state index in [1.165, 1.54) is 12.1 Å². The summed E-state index contributed by atoms with van der Waals surface area (Å²) in [7, 11) is 0. The Kier molecular flexibility index (Phi) is 6.44. The van der Waals surface area contributed by atoms with Crippen LogP contribution in [-0.2, 0) is 4.79 Å². The van der Waals surface area contributed by atoms with E-state index in [1.807, 2.05) is 4.90 Å². The van der Waals surface area contributed by atoms with Crippen molar-refractivity contribution in [2.24, 2.45) is 0 Å². The van der Waals surface area contributed by atoms with Gasteiger partial charge in [0.1, 0.15) is 5.69 Å². The van der Waals surface area contributed by atoms with Crippen LogP contribution in [0, 0.1) is 10.1 Å². The van der Waals surface area contributed by atoms with E-state index >= 15 is 0 Å². The Morgan fingerprint density at radius 1 is 1.04 bits per heavy atom. The van der Waals surface area contributed by atoms with E-state index in [9.17, 15) is 14.9 Å². The number of halogens is 3. The van der Waals surface area contributed by atoms with Crippen LogP contribution in [0.1, 0.15) is 5.56 Å². The van der Waals surface area contributed by atoms with Gasteiger partial charge in [-0.25, -0.2) is 0 Å². The highest BCUT2D eigenvalue weighted by atomic mass is 35.5. The Morgan fingerprint density at radius 3 is 2.39 bits per heavy atom. The normalized spacial score (nSPS) is 14.5. The smallest absolute Gasteiger partial charge is 0.294 e. The lowest BCUT2D eigenvalue weighted by atomic mass is 10.2. The molecule has 2 aromatic carbocycles. The molecule has 0 saturated carbocycles. The van der Waals surface area contributed by atoms with Gasteiger partial charge >= 0.3 is 0 Å². The first-order chi connectivity index (χ1) is 13.4. The summed E-state index contributed by atoms with van der Waals surface area (Å²) in [6.45, 7) is 1.76. The minimum atomic E-state index is -0.447. The van der Waals surface area contributed by atoms with Crippen LogP contribution >= 0.6 is 34.8 Å². The zero-order valence-corrected chi connectivity index (χ0v) is 16.9. The lowest BCUT2D eigenvalue weighted by Crippen LogP contribution is -2.48. The van der Waals surface area contributed by atoms with Crippen LogP contribution in [-0.4, -0.2) is 41.9 Å². The van der Waals surface area contributed by atoms with Crippen LogP contribution in [0.25, 0.3) is 6.08 Å². The Balaban J connectivity index is 1.66. The molecule has 1 heterocycles. The third kappa shape index (κ3) is 4.58. The van der Waals surface area contributed by atoms with Crippen LogP contribution in [0.4, 0.5) is 11.4 Å². The summed E-state index contributed by atoms with van der Waals surface area (Å²) in [5.74, 6) is -0.153. The fraction of sp³-hybridized carbons (Fsp3) is 0.211. The summed E-state index contributed by atoms with van der Waals surface area (Å²) >= 11 is 18.2. The SMILES string of the molecule is O=C(C=Cc1ccc(Cl)cc1Cl)N1CCN(c2c(Cl)cccc2[N+](=O)[O-])CC1. The van der Waals surface area contributed by atoms with Crippen molar-refractivity contribution in [3.8, 4) is 0 Å². The van der Waals surface area contributed by atoms with Crippen molar-refractivity contribution >= 4 is 58.2 Å². The van der Waals surface area contributed by atoms with Crippen molar-refractivity contribution in [3.63, 3.8) is 0 Å². The van der Waals surface area contributed by atoms with Crippen molar-refractivity contribution < 1.29 is 9.72 Å². The third-order valence-electron chi connectivity index (χ3n) is 4.44. The maximum Gasteiger partial charge on any atom is 0.294 e. The molecule has 1 aliphatic heterocycles. The number of para-hydroxylation sites is 1. The van der Waals surface area contributed by atoms with Gasteiger partial charge in [-0.3, -0.25) is 14.9 Å². The summed E-state index contributed by atoms with van der Waals surface area (Å²) in [6, 6.07) is 9.66. The zero-order chi connectivity index (χ0) is 20.3. The highest BCUT2D eigenvalue weighted by Crippen LogP contribution is 2.35. The zero-order valence-electron chi connectivity index (χ0n) is 14.6. The molecule has 3 rings (SSSR count). The predicted octanol–water partition coefficient (Wildman–Crippen LogP) is 4.92. The number of hydrogen-bond donors (Lipinski definition) is 0. The monoisotopic (exact) mass is 439 g/mol. The number of rotatable bonds is 4. The maximum absolute atomic E-state index is 12.5. The van der Waals surface area contributed by atoms with Gasteiger partial charge in [-0.1, -0.05) is 46.9 Å². The third-order valence-corrected chi connectivity index (χ3v) is 5.31. The minimum Gasteiger partial charge on any atom is -0.361 e. The number of carbonyl (C=O) groups excluding carboxylic acids is 1. The Labute approximate surface area is 177 Å². The molecule has 1 amide bonds. The average Bonchev–Trinajstić information content (AvgIpc) is 2.67. The van der Waals surface area contributed by atoms with Gasteiger partial charge in [0.05, 0.1) is 9.95 Å². The molecule has 0 spiro atoms. The van der Waals surface area contributed by atoms with E-state index in [0.717, 1.165) is 0 Å². The number of nitro benzene ring substituents is 1. The quantitative estimate of drug-likeness (QED) is 0.384. The first-order valence-electron chi connectivity index (χ1n) is 8.46. The predicted molar refractivity (Wildman–Crippen MR) is 112 cm³/mol. The van der Waals surface area contributed by atoms with Gasteiger partial charge in [-0.2, -0.15) is 0 Å². The summed E-state index contributed by atoms with van der Waals surface area (Å²) in [5, 5.41) is 12.6. The fourth-order valence-corrected chi connectivity index (χ4v) is 3.78. The molecule has 0 unspecified atom stereocenters. The molecule has 146 valence electrons. The lowest BCUT2D eigenvalue weighted by Gasteiger charge is -2.35. The number of nitrogens with zero attached hydrogens (tertiary/aromatic N) is 3. The molecule has 1 fully saturated rings. The highest BCUT2D eigenvalue weighted by molar-refractivity contribution is 6.35. The van der Waals surface area contributed by atoms with Gasteiger partial charge < -0.3 is 9.80 Å². The first-order valence-corrected chi connectivity index (χ1v) is 9.60. The van der Waals surface area contributed by atoms with Gasteiger partial charge in [0.2, 0.25) is 5.91 Å². The van der Waals surface area contributed by atoms with E-state index in [2.05, 4.69) is 0 Å². The molecular formula is C19H16Cl3N3O3. The largest absolute Gasteiger partial charge is 0.361 e. The number of amides is 1. The van der Waals surface area contributed by atoms with Gasteiger partial charge in [0.15, 0.2) is 0 Å². The lowest BCUT2D eigenvalue weighted by molar-refractivity contribution is -0.384. The molecule has 0 atom stereocenters. The van der Waals surface area contributed by atoms with Crippen molar-refractivity contribution in [1.82, 2.24) is 4.90 Å². The molecule has 2 aromatic rings. The minimum absolute atomic E-state index is 0.0375. The molecule has 0 N–H and O–H groups in total. The van der Waals surface area contributed by atoms with Gasteiger partial charge in [-0.05, 0) is 29.8 Å². The molecule has 1 aliphatic rings. The number of hydrogen-bond acceptors (Lipinski definition) is 4. The van der Waals surface area contributed by atoms with Crippen molar-refractivity contribution in [1.29, 1.82) is 0 Å². The van der Waals surface area contributed by atoms with Gasteiger partial charge in [-0.15, -0.1) is 0 Å².